The van der Waals surface area contributed by atoms with E-state index in [1.165, 1.54) is 0 Å². The van der Waals surface area contributed by atoms with Crippen molar-refractivity contribution in [2.45, 2.75) is 51.2 Å². The van der Waals surface area contributed by atoms with Crippen molar-refractivity contribution in [1.29, 1.82) is 0 Å². The van der Waals surface area contributed by atoms with Gasteiger partial charge in [0.25, 0.3) is 0 Å². The lowest BCUT2D eigenvalue weighted by Crippen LogP contribution is -2.28. The molecule has 1 aromatic rings. The molecule has 1 rings (SSSR count). The maximum absolute atomic E-state index is 6.05. The van der Waals surface area contributed by atoms with Gasteiger partial charge in [-0.3, -0.25) is 0 Å². The zero-order valence-corrected chi connectivity index (χ0v) is 10.5. The van der Waals surface area contributed by atoms with Crippen LogP contribution in [0.4, 0.5) is 0 Å². The van der Waals surface area contributed by atoms with E-state index in [4.69, 9.17) is 14.9 Å². The van der Waals surface area contributed by atoms with E-state index in [0.717, 1.165) is 31.4 Å². The molecule has 1 atom stereocenters. The topological polar surface area (TPSA) is 48.4 Å². The maximum Gasteiger partial charge on any atom is 0.103 e. The Morgan fingerprint density at radius 2 is 2.19 bits per heavy atom. The molecule has 3 heteroatoms. The molecule has 0 fully saturated rings. The number of ether oxygens (including phenoxy) is 1. The van der Waals surface area contributed by atoms with Gasteiger partial charge in [-0.15, -0.1) is 0 Å². The van der Waals surface area contributed by atoms with Crippen LogP contribution < -0.4 is 5.73 Å². The molecule has 16 heavy (non-hydrogen) atoms. The summed E-state index contributed by atoms with van der Waals surface area (Å²) in [6.45, 7) is 4.18. The second kappa shape index (κ2) is 6.06. The molecule has 0 aliphatic rings. The number of hydrogen-bond acceptors (Lipinski definition) is 3. The second-order valence-electron chi connectivity index (χ2n) is 4.88. The molecular weight excluding hydrogens is 202 g/mol. The fraction of sp³-hybridized carbons (Fsp3) is 0.692. The fourth-order valence-electron chi connectivity index (χ4n) is 1.56. The van der Waals surface area contributed by atoms with Crippen LogP contribution in [0.15, 0.2) is 22.8 Å². The van der Waals surface area contributed by atoms with Crippen molar-refractivity contribution < 1.29 is 9.15 Å². The van der Waals surface area contributed by atoms with Crippen LogP contribution in [-0.2, 0) is 11.2 Å². The van der Waals surface area contributed by atoms with E-state index in [2.05, 4.69) is 13.8 Å². The van der Waals surface area contributed by atoms with Gasteiger partial charge < -0.3 is 14.9 Å². The normalized spacial score (nSPS) is 14.0. The highest BCUT2D eigenvalue weighted by atomic mass is 16.5. The molecule has 0 bridgehead atoms. The van der Waals surface area contributed by atoms with Crippen molar-refractivity contribution in [3.05, 3.63) is 24.2 Å². The first kappa shape index (κ1) is 13.3. The van der Waals surface area contributed by atoms with Crippen molar-refractivity contribution >= 4 is 0 Å². The minimum absolute atomic E-state index is 0.0672. The molecule has 0 saturated carbocycles. The third-order valence-electron chi connectivity index (χ3n) is 3.01. The van der Waals surface area contributed by atoms with Gasteiger partial charge in [-0.2, -0.15) is 0 Å². The highest BCUT2D eigenvalue weighted by molar-refractivity contribution is 4.98. The smallest absolute Gasteiger partial charge is 0.103 e. The summed E-state index contributed by atoms with van der Waals surface area (Å²) >= 11 is 0. The number of nitrogens with two attached hydrogens (primary N) is 1. The van der Waals surface area contributed by atoms with Gasteiger partial charge in [0.05, 0.1) is 11.9 Å². The first-order valence-electron chi connectivity index (χ1n) is 5.86. The maximum atomic E-state index is 6.05. The van der Waals surface area contributed by atoms with E-state index in [-0.39, 0.29) is 11.6 Å². The number of rotatable bonds is 7. The summed E-state index contributed by atoms with van der Waals surface area (Å²) in [7, 11) is 1.74. The summed E-state index contributed by atoms with van der Waals surface area (Å²) < 4.78 is 10.6. The van der Waals surface area contributed by atoms with E-state index in [9.17, 15) is 0 Å². The minimum Gasteiger partial charge on any atom is -0.469 e. The first-order valence-corrected chi connectivity index (χ1v) is 5.86. The second-order valence-corrected chi connectivity index (χ2v) is 4.88. The SMILES string of the molecule is COC(C)(C)CCC(N)CCc1ccco1. The van der Waals surface area contributed by atoms with Crippen LogP contribution >= 0.6 is 0 Å². The van der Waals surface area contributed by atoms with Crippen LogP contribution in [-0.4, -0.2) is 18.8 Å². The van der Waals surface area contributed by atoms with Gasteiger partial charge in [-0.25, -0.2) is 0 Å². The summed E-state index contributed by atoms with van der Waals surface area (Å²) in [4.78, 5) is 0. The lowest BCUT2D eigenvalue weighted by Gasteiger charge is -2.24. The van der Waals surface area contributed by atoms with Gasteiger partial charge in [0.15, 0.2) is 0 Å². The van der Waals surface area contributed by atoms with Crippen LogP contribution in [0.5, 0.6) is 0 Å². The third kappa shape index (κ3) is 4.81. The molecule has 1 heterocycles. The Bertz CT molecular complexity index is 280. The van der Waals surface area contributed by atoms with Crippen LogP contribution in [0.3, 0.4) is 0 Å². The predicted molar refractivity (Wildman–Crippen MR) is 65.3 cm³/mol. The van der Waals surface area contributed by atoms with Crippen LogP contribution in [0, 0.1) is 0 Å². The van der Waals surface area contributed by atoms with Crippen molar-refractivity contribution in [3.8, 4) is 0 Å². The third-order valence-corrected chi connectivity index (χ3v) is 3.01. The Hall–Kier alpha value is -0.800. The predicted octanol–water partition coefficient (Wildman–Crippen LogP) is 2.74. The summed E-state index contributed by atoms with van der Waals surface area (Å²) in [5, 5.41) is 0. The molecule has 1 unspecified atom stereocenters. The van der Waals surface area contributed by atoms with Gasteiger partial charge in [0, 0.05) is 19.6 Å². The van der Waals surface area contributed by atoms with E-state index >= 15 is 0 Å². The van der Waals surface area contributed by atoms with Gasteiger partial charge in [0.1, 0.15) is 5.76 Å². The zero-order chi connectivity index (χ0) is 12.0. The number of aryl methyl sites for hydroxylation is 1. The average molecular weight is 225 g/mol. The molecule has 0 aliphatic carbocycles. The molecule has 0 radical (unpaired) electrons. The Kier molecular flexibility index (Phi) is 5.03. The van der Waals surface area contributed by atoms with Crippen molar-refractivity contribution in [1.82, 2.24) is 0 Å². The van der Waals surface area contributed by atoms with Gasteiger partial charge in [-0.05, 0) is 45.2 Å². The summed E-state index contributed by atoms with van der Waals surface area (Å²) in [6.07, 6.45) is 5.56. The van der Waals surface area contributed by atoms with Gasteiger partial charge in [-0.1, -0.05) is 0 Å². The largest absolute Gasteiger partial charge is 0.469 e. The van der Waals surface area contributed by atoms with Crippen LogP contribution in [0.1, 0.15) is 38.9 Å². The van der Waals surface area contributed by atoms with Crippen molar-refractivity contribution in [2.24, 2.45) is 5.73 Å². The molecule has 3 nitrogen and oxygen atoms in total. The highest BCUT2D eigenvalue weighted by Crippen LogP contribution is 2.17. The monoisotopic (exact) mass is 225 g/mol. The zero-order valence-electron chi connectivity index (χ0n) is 10.5. The van der Waals surface area contributed by atoms with Crippen LogP contribution in [0.2, 0.25) is 0 Å². The summed E-state index contributed by atoms with van der Waals surface area (Å²) in [5.41, 5.74) is 5.99. The molecule has 0 saturated heterocycles. The highest BCUT2D eigenvalue weighted by Gasteiger charge is 2.17. The fourth-order valence-corrected chi connectivity index (χ4v) is 1.56. The number of methoxy groups -OCH3 is 1. The summed E-state index contributed by atoms with van der Waals surface area (Å²) in [5.74, 6) is 1.02. The molecule has 1 aromatic heterocycles. The average Bonchev–Trinajstić information content (AvgIpc) is 2.76. The van der Waals surface area contributed by atoms with Crippen molar-refractivity contribution in [2.75, 3.05) is 7.11 Å². The molecule has 0 aromatic carbocycles. The van der Waals surface area contributed by atoms with E-state index < -0.39 is 0 Å². The molecule has 2 N–H and O–H groups in total. The molecule has 0 aliphatic heterocycles. The van der Waals surface area contributed by atoms with E-state index in [1.54, 1.807) is 13.4 Å². The number of hydrogen-bond donors (Lipinski definition) is 1. The Balaban J connectivity index is 2.18. The Morgan fingerprint density at radius 1 is 1.44 bits per heavy atom. The molecule has 92 valence electrons. The molecule has 0 amide bonds. The standard InChI is InChI=1S/C13H23NO2/c1-13(2,15-3)9-8-11(14)6-7-12-5-4-10-16-12/h4-5,10-11H,6-9,14H2,1-3H3. The van der Waals surface area contributed by atoms with Crippen molar-refractivity contribution in [3.63, 3.8) is 0 Å². The Morgan fingerprint density at radius 3 is 2.75 bits per heavy atom. The van der Waals surface area contributed by atoms with E-state index in [1.807, 2.05) is 12.1 Å². The lowest BCUT2D eigenvalue weighted by atomic mass is 9.97. The van der Waals surface area contributed by atoms with Gasteiger partial charge in [0.2, 0.25) is 0 Å². The van der Waals surface area contributed by atoms with Crippen LogP contribution in [0.25, 0.3) is 0 Å². The molecular formula is C13H23NO2. The molecule has 0 spiro atoms. The first-order chi connectivity index (χ1) is 7.53. The van der Waals surface area contributed by atoms with Gasteiger partial charge >= 0.3 is 0 Å². The number of furan rings is 1. The lowest BCUT2D eigenvalue weighted by molar-refractivity contribution is 0.0123. The summed E-state index contributed by atoms with van der Waals surface area (Å²) in [6, 6.07) is 4.13. The Labute approximate surface area is 98.0 Å². The minimum atomic E-state index is -0.0672. The quantitative estimate of drug-likeness (QED) is 0.776. The van der Waals surface area contributed by atoms with E-state index in [0.29, 0.717) is 0 Å².